The van der Waals surface area contributed by atoms with Crippen molar-refractivity contribution in [3.8, 4) is 11.3 Å². The van der Waals surface area contributed by atoms with E-state index < -0.39 is 0 Å². The lowest BCUT2D eigenvalue weighted by molar-refractivity contribution is 0.0532. The quantitative estimate of drug-likeness (QED) is 0.587. The number of carbonyl (C=O) groups excluding carboxylic acids is 1. The number of ether oxygens (including phenoxy) is 1. The Labute approximate surface area is 149 Å². The number of carbonyl (C=O) groups is 1. The molecule has 0 aliphatic heterocycles. The van der Waals surface area contributed by atoms with Gasteiger partial charge in [-0.05, 0) is 24.6 Å². The summed E-state index contributed by atoms with van der Waals surface area (Å²) < 4.78 is 5.18. The fraction of sp³-hybridized carbons (Fsp3) is 0.158. The molecule has 0 N–H and O–H groups in total. The first kappa shape index (κ1) is 16.7. The summed E-state index contributed by atoms with van der Waals surface area (Å²) in [5, 5.41) is 1.58. The Kier molecular flexibility index (Phi) is 5.28. The highest BCUT2D eigenvalue weighted by molar-refractivity contribution is 7.14. The van der Waals surface area contributed by atoms with Crippen molar-refractivity contribution in [2.75, 3.05) is 6.61 Å². The van der Waals surface area contributed by atoms with Gasteiger partial charge in [0.05, 0.1) is 17.3 Å². The van der Waals surface area contributed by atoms with Crippen LogP contribution in [-0.2, 0) is 11.2 Å². The summed E-state index contributed by atoms with van der Waals surface area (Å²) in [6, 6.07) is 17.4. The molecule has 0 aliphatic rings. The summed E-state index contributed by atoms with van der Waals surface area (Å²) in [5.74, 6) is -0.323. The maximum atomic E-state index is 12.3. The molecule has 0 spiro atoms. The van der Waals surface area contributed by atoms with Crippen LogP contribution in [0.1, 0.15) is 27.2 Å². The fourth-order valence-electron chi connectivity index (χ4n) is 2.34. The Bertz CT molecular complexity index is 828. The van der Waals surface area contributed by atoms with Crippen molar-refractivity contribution in [2.45, 2.75) is 13.3 Å². The van der Waals surface area contributed by atoms with Gasteiger partial charge in [0.15, 0.2) is 0 Å². The zero-order chi connectivity index (χ0) is 16.9. The Hall–Kier alpha value is -2.17. The van der Waals surface area contributed by atoms with Crippen LogP contribution in [-0.4, -0.2) is 17.6 Å². The number of thiazole rings is 1. The topological polar surface area (TPSA) is 39.2 Å². The van der Waals surface area contributed by atoms with E-state index in [1.54, 1.807) is 6.92 Å². The van der Waals surface area contributed by atoms with Crippen molar-refractivity contribution in [3.63, 3.8) is 0 Å². The number of halogens is 1. The molecule has 0 unspecified atom stereocenters. The van der Waals surface area contributed by atoms with Gasteiger partial charge in [-0.2, -0.15) is 0 Å². The Morgan fingerprint density at radius 1 is 1.12 bits per heavy atom. The summed E-state index contributed by atoms with van der Waals surface area (Å²) in [4.78, 5) is 17.5. The van der Waals surface area contributed by atoms with Gasteiger partial charge in [0, 0.05) is 17.0 Å². The van der Waals surface area contributed by atoms with Crippen LogP contribution >= 0.6 is 22.9 Å². The van der Waals surface area contributed by atoms with Gasteiger partial charge in [-0.15, -0.1) is 11.3 Å². The third-order valence-electron chi connectivity index (χ3n) is 3.45. The van der Waals surface area contributed by atoms with Gasteiger partial charge in [0.25, 0.3) is 0 Å². The second kappa shape index (κ2) is 7.60. The number of hydrogen-bond acceptors (Lipinski definition) is 4. The van der Waals surface area contributed by atoms with Crippen LogP contribution in [0.2, 0.25) is 5.02 Å². The van der Waals surface area contributed by atoms with Gasteiger partial charge >= 0.3 is 5.97 Å². The number of hydrogen-bond donors (Lipinski definition) is 0. The second-order valence-electron chi connectivity index (χ2n) is 5.18. The molecule has 0 saturated heterocycles. The van der Waals surface area contributed by atoms with Crippen LogP contribution < -0.4 is 0 Å². The minimum absolute atomic E-state index is 0.323. The first-order valence-corrected chi connectivity index (χ1v) is 8.83. The molecule has 1 aromatic heterocycles. The molecule has 3 nitrogen and oxygen atoms in total. The number of rotatable bonds is 5. The lowest BCUT2D eigenvalue weighted by Crippen LogP contribution is -2.03. The summed E-state index contributed by atoms with van der Waals surface area (Å²) in [6.45, 7) is 2.15. The lowest BCUT2D eigenvalue weighted by Gasteiger charge is -2.01. The molecule has 0 radical (unpaired) electrons. The van der Waals surface area contributed by atoms with Crippen molar-refractivity contribution in [2.24, 2.45) is 0 Å². The van der Waals surface area contributed by atoms with Gasteiger partial charge < -0.3 is 4.74 Å². The molecule has 5 heteroatoms. The molecule has 3 rings (SSSR count). The summed E-state index contributed by atoms with van der Waals surface area (Å²) in [6.07, 6.45) is 0.654. The van der Waals surface area contributed by atoms with Gasteiger partial charge in [0.2, 0.25) is 0 Å². The standard InChI is InChI=1S/C19H16ClNO2S/c1-2-23-19(22)18-17(14-6-4-3-5-7-14)21-16(24-18)12-13-8-10-15(20)11-9-13/h3-11H,2,12H2,1H3. The molecule has 1 heterocycles. The molecule has 0 fully saturated rings. The Balaban J connectivity index is 1.96. The van der Waals surface area contributed by atoms with Gasteiger partial charge in [-0.3, -0.25) is 0 Å². The van der Waals surface area contributed by atoms with Crippen LogP contribution in [0.15, 0.2) is 54.6 Å². The van der Waals surface area contributed by atoms with E-state index in [0.29, 0.717) is 28.6 Å². The van der Waals surface area contributed by atoms with Crippen molar-refractivity contribution in [1.82, 2.24) is 4.98 Å². The largest absolute Gasteiger partial charge is 0.462 e. The predicted molar refractivity (Wildman–Crippen MR) is 97.8 cm³/mol. The molecule has 0 amide bonds. The highest BCUT2D eigenvalue weighted by Crippen LogP contribution is 2.30. The minimum atomic E-state index is -0.323. The molecule has 0 saturated carbocycles. The zero-order valence-electron chi connectivity index (χ0n) is 13.2. The maximum absolute atomic E-state index is 12.3. The van der Waals surface area contributed by atoms with Gasteiger partial charge in [-0.25, -0.2) is 9.78 Å². The summed E-state index contributed by atoms with van der Waals surface area (Å²) >= 11 is 7.31. The lowest BCUT2D eigenvalue weighted by atomic mass is 10.1. The number of benzene rings is 2. The van der Waals surface area contributed by atoms with Crippen LogP contribution in [0.4, 0.5) is 0 Å². The highest BCUT2D eigenvalue weighted by atomic mass is 35.5. The van der Waals surface area contributed by atoms with Crippen molar-refractivity contribution in [1.29, 1.82) is 0 Å². The SMILES string of the molecule is CCOC(=O)c1sc(Cc2ccc(Cl)cc2)nc1-c1ccccc1. The van der Waals surface area contributed by atoms with E-state index in [1.165, 1.54) is 11.3 Å². The van der Waals surface area contributed by atoms with Crippen molar-refractivity contribution < 1.29 is 9.53 Å². The number of esters is 1. The average Bonchev–Trinajstić information content (AvgIpc) is 3.02. The fourth-order valence-corrected chi connectivity index (χ4v) is 3.48. The molecular formula is C19H16ClNO2S. The highest BCUT2D eigenvalue weighted by Gasteiger charge is 2.20. The molecular weight excluding hydrogens is 342 g/mol. The van der Waals surface area contributed by atoms with Crippen LogP contribution in [0.5, 0.6) is 0 Å². The Morgan fingerprint density at radius 2 is 1.83 bits per heavy atom. The molecule has 2 aromatic carbocycles. The van der Waals surface area contributed by atoms with Crippen LogP contribution in [0.3, 0.4) is 0 Å². The summed E-state index contributed by atoms with van der Waals surface area (Å²) in [7, 11) is 0. The van der Waals surface area contributed by atoms with E-state index in [9.17, 15) is 4.79 Å². The maximum Gasteiger partial charge on any atom is 0.350 e. The van der Waals surface area contributed by atoms with Crippen LogP contribution in [0.25, 0.3) is 11.3 Å². The molecule has 3 aromatic rings. The number of aromatic nitrogens is 1. The first-order chi connectivity index (χ1) is 11.7. The van der Waals surface area contributed by atoms with E-state index in [1.807, 2.05) is 54.6 Å². The van der Waals surface area contributed by atoms with Crippen LogP contribution in [0, 0.1) is 0 Å². The molecule has 0 atom stereocenters. The minimum Gasteiger partial charge on any atom is -0.462 e. The molecule has 0 bridgehead atoms. The van der Waals surface area contributed by atoms with Crippen molar-refractivity contribution in [3.05, 3.63) is 75.1 Å². The zero-order valence-corrected chi connectivity index (χ0v) is 14.7. The van der Waals surface area contributed by atoms with E-state index in [2.05, 4.69) is 4.98 Å². The summed E-state index contributed by atoms with van der Waals surface area (Å²) in [5.41, 5.74) is 2.70. The van der Waals surface area contributed by atoms with E-state index in [-0.39, 0.29) is 5.97 Å². The second-order valence-corrected chi connectivity index (χ2v) is 6.70. The van der Waals surface area contributed by atoms with Crippen molar-refractivity contribution >= 4 is 28.9 Å². The average molecular weight is 358 g/mol. The third kappa shape index (κ3) is 3.83. The van der Waals surface area contributed by atoms with E-state index >= 15 is 0 Å². The third-order valence-corrected chi connectivity index (χ3v) is 4.74. The molecule has 122 valence electrons. The molecule has 24 heavy (non-hydrogen) atoms. The number of nitrogens with zero attached hydrogens (tertiary/aromatic N) is 1. The predicted octanol–water partition coefficient (Wildman–Crippen LogP) is 5.23. The smallest absolute Gasteiger partial charge is 0.350 e. The van der Waals surface area contributed by atoms with Gasteiger partial charge in [-0.1, -0.05) is 54.1 Å². The first-order valence-electron chi connectivity index (χ1n) is 7.64. The van der Waals surface area contributed by atoms with E-state index in [0.717, 1.165) is 16.1 Å². The molecule has 0 aliphatic carbocycles. The Morgan fingerprint density at radius 3 is 2.50 bits per heavy atom. The monoisotopic (exact) mass is 357 g/mol. The normalized spacial score (nSPS) is 10.6. The van der Waals surface area contributed by atoms with Gasteiger partial charge in [0.1, 0.15) is 4.88 Å². The van der Waals surface area contributed by atoms with E-state index in [4.69, 9.17) is 16.3 Å².